The summed E-state index contributed by atoms with van der Waals surface area (Å²) >= 11 is 0. The smallest absolute Gasteiger partial charge is 0.176 e. The predicted octanol–water partition coefficient (Wildman–Crippen LogP) is 2.24. The number of aryl methyl sites for hydroxylation is 1. The standard InChI is InChI=1S/C14H20N2O2/c1-9(2)6-12(13(17)10-4-5-10)14(18)11-7-15-16(3)8-11/h7-10,12H,4-6H2,1-3H3. The van der Waals surface area contributed by atoms with Crippen LogP contribution in [0.15, 0.2) is 12.4 Å². The molecule has 0 spiro atoms. The molecule has 2 rings (SSSR count). The number of ketones is 2. The van der Waals surface area contributed by atoms with Gasteiger partial charge in [0.15, 0.2) is 5.78 Å². The minimum absolute atomic E-state index is 0.0614. The summed E-state index contributed by atoms with van der Waals surface area (Å²) in [7, 11) is 1.77. The Labute approximate surface area is 107 Å². The van der Waals surface area contributed by atoms with Gasteiger partial charge >= 0.3 is 0 Å². The monoisotopic (exact) mass is 248 g/mol. The summed E-state index contributed by atoms with van der Waals surface area (Å²) in [6.45, 7) is 4.09. The summed E-state index contributed by atoms with van der Waals surface area (Å²) in [6.07, 6.45) is 5.79. The van der Waals surface area contributed by atoms with Crippen molar-refractivity contribution in [2.24, 2.45) is 24.8 Å². The van der Waals surface area contributed by atoms with Gasteiger partial charge < -0.3 is 0 Å². The van der Waals surface area contributed by atoms with Crippen LogP contribution in [-0.2, 0) is 11.8 Å². The molecule has 1 saturated carbocycles. The molecule has 1 atom stereocenters. The van der Waals surface area contributed by atoms with Crippen molar-refractivity contribution in [3.8, 4) is 0 Å². The maximum absolute atomic E-state index is 12.4. The third-order valence-electron chi connectivity index (χ3n) is 3.34. The molecule has 1 aliphatic rings. The number of aromatic nitrogens is 2. The van der Waals surface area contributed by atoms with Crippen LogP contribution in [0, 0.1) is 17.8 Å². The number of hydrogen-bond acceptors (Lipinski definition) is 3. The SMILES string of the molecule is CC(C)CC(C(=O)c1cnn(C)c1)C(=O)C1CC1. The van der Waals surface area contributed by atoms with Crippen molar-refractivity contribution in [1.82, 2.24) is 9.78 Å². The third kappa shape index (κ3) is 2.86. The lowest BCUT2D eigenvalue weighted by atomic mass is 9.85. The van der Waals surface area contributed by atoms with Gasteiger partial charge in [-0.3, -0.25) is 14.3 Å². The van der Waals surface area contributed by atoms with Gasteiger partial charge in [-0.05, 0) is 25.2 Å². The van der Waals surface area contributed by atoms with Crippen molar-refractivity contribution in [3.63, 3.8) is 0 Å². The molecule has 1 aromatic heterocycles. The van der Waals surface area contributed by atoms with Gasteiger partial charge in [0.2, 0.25) is 0 Å². The molecule has 0 radical (unpaired) electrons. The Bertz CT molecular complexity index is 458. The fourth-order valence-electron chi connectivity index (χ4n) is 2.23. The molecule has 1 aromatic rings. The largest absolute Gasteiger partial charge is 0.299 e. The number of carbonyl (C=O) groups excluding carboxylic acids is 2. The van der Waals surface area contributed by atoms with Crippen LogP contribution >= 0.6 is 0 Å². The molecule has 98 valence electrons. The highest BCUT2D eigenvalue weighted by Crippen LogP contribution is 2.35. The predicted molar refractivity (Wildman–Crippen MR) is 68.2 cm³/mol. The minimum atomic E-state index is -0.471. The van der Waals surface area contributed by atoms with Crippen LogP contribution in [0.25, 0.3) is 0 Å². The van der Waals surface area contributed by atoms with E-state index in [0.29, 0.717) is 17.9 Å². The molecule has 0 aromatic carbocycles. The van der Waals surface area contributed by atoms with E-state index in [2.05, 4.69) is 5.10 Å². The quantitative estimate of drug-likeness (QED) is 0.573. The minimum Gasteiger partial charge on any atom is -0.299 e. The van der Waals surface area contributed by atoms with E-state index >= 15 is 0 Å². The number of nitrogens with zero attached hydrogens (tertiary/aromatic N) is 2. The molecule has 1 aliphatic carbocycles. The lowest BCUT2D eigenvalue weighted by molar-refractivity contribution is -0.123. The zero-order chi connectivity index (χ0) is 13.3. The molecular formula is C14H20N2O2. The van der Waals surface area contributed by atoms with Crippen molar-refractivity contribution in [3.05, 3.63) is 18.0 Å². The molecule has 0 amide bonds. The first-order valence-corrected chi connectivity index (χ1v) is 6.55. The normalized spacial score (nSPS) is 16.9. The number of carbonyl (C=O) groups is 2. The Balaban J connectivity index is 2.17. The van der Waals surface area contributed by atoms with Crippen molar-refractivity contribution in [2.75, 3.05) is 0 Å². The Morgan fingerprint density at radius 2 is 2.11 bits per heavy atom. The number of rotatable bonds is 6. The zero-order valence-corrected chi connectivity index (χ0v) is 11.2. The fourth-order valence-corrected chi connectivity index (χ4v) is 2.23. The maximum Gasteiger partial charge on any atom is 0.176 e. The van der Waals surface area contributed by atoms with Crippen LogP contribution in [0.4, 0.5) is 0 Å². The van der Waals surface area contributed by atoms with Gasteiger partial charge in [-0.1, -0.05) is 13.8 Å². The Hall–Kier alpha value is -1.45. The van der Waals surface area contributed by atoms with Crippen LogP contribution < -0.4 is 0 Å². The first kappa shape index (κ1) is 13.0. The van der Waals surface area contributed by atoms with Gasteiger partial charge in [0.25, 0.3) is 0 Å². The van der Waals surface area contributed by atoms with E-state index in [0.717, 1.165) is 12.8 Å². The van der Waals surface area contributed by atoms with Gasteiger partial charge in [0.1, 0.15) is 5.78 Å². The Morgan fingerprint density at radius 3 is 2.56 bits per heavy atom. The molecule has 0 saturated heterocycles. The fraction of sp³-hybridized carbons (Fsp3) is 0.643. The molecule has 0 bridgehead atoms. The van der Waals surface area contributed by atoms with Gasteiger partial charge in [0.05, 0.1) is 17.7 Å². The highest BCUT2D eigenvalue weighted by Gasteiger charge is 2.38. The van der Waals surface area contributed by atoms with Crippen LogP contribution in [0.2, 0.25) is 0 Å². The van der Waals surface area contributed by atoms with Crippen LogP contribution in [0.5, 0.6) is 0 Å². The van der Waals surface area contributed by atoms with E-state index < -0.39 is 5.92 Å². The van der Waals surface area contributed by atoms with Crippen molar-refractivity contribution in [2.45, 2.75) is 33.1 Å². The van der Waals surface area contributed by atoms with Gasteiger partial charge in [-0.25, -0.2) is 0 Å². The topological polar surface area (TPSA) is 52.0 Å². The molecule has 0 aliphatic heterocycles. The summed E-state index contributed by atoms with van der Waals surface area (Å²) < 4.78 is 1.60. The molecule has 1 unspecified atom stereocenters. The van der Waals surface area contributed by atoms with E-state index in [9.17, 15) is 9.59 Å². The Kier molecular flexibility index (Phi) is 3.64. The molecule has 4 nitrogen and oxygen atoms in total. The summed E-state index contributed by atoms with van der Waals surface area (Å²) in [4.78, 5) is 24.6. The lowest BCUT2D eigenvalue weighted by Gasteiger charge is -2.15. The molecule has 1 heterocycles. The summed E-state index contributed by atoms with van der Waals surface area (Å²) in [5.74, 6) is 0.0839. The molecule has 1 fully saturated rings. The molecule has 0 N–H and O–H groups in total. The summed E-state index contributed by atoms with van der Waals surface area (Å²) in [6, 6.07) is 0. The van der Waals surface area contributed by atoms with E-state index in [4.69, 9.17) is 0 Å². The second-order valence-corrected chi connectivity index (χ2v) is 5.63. The van der Waals surface area contributed by atoms with E-state index in [1.807, 2.05) is 13.8 Å². The number of hydrogen-bond donors (Lipinski definition) is 0. The summed E-state index contributed by atoms with van der Waals surface area (Å²) in [5.41, 5.74) is 0.553. The highest BCUT2D eigenvalue weighted by atomic mass is 16.2. The van der Waals surface area contributed by atoms with Crippen LogP contribution in [0.1, 0.15) is 43.5 Å². The van der Waals surface area contributed by atoms with E-state index in [-0.39, 0.29) is 17.5 Å². The van der Waals surface area contributed by atoms with Crippen molar-refractivity contribution < 1.29 is 9.59 Å². The average Bonchev–Trinajstić information content (AvgIpc) is 3.07. The molecule has 4 heteroatoms. The highest BCUT2D eigenvalue weighted by molar-refractivity contribution is 6.11. The average molecular weight is 248 g/mol. The van der Waals surface area contributed by atoms with Gasteiger partial charge in [0, 0.05) is 19.2 Å². The third-order valence-corrected chi connectivity index (χ3v) is 3.34. The number of Topliss-reactive ketones (excluding diaryl/α,β-unsaturated/α-hetero) is 2. The second kappa shape index (κ2) is 5.04. The van der Waals surface area contributed by atoms with Crippen LogP contribution in [0.3, 0.4) is 0 Å². The first-order valence-electron chi connectivity index (χ1n) is 6.55. The zero-order valence-electron chi connectivity index (χ0n) is 11.2. The second-order valence-electron chi connectivity index (χ2n) is 5.63. The van der Waals surface area contributed by atoms with Crippen molar-refractivity contribution >= 4 is 11.6 Å². The van der Waals surface area contributed by atoms with Gasteiger partial charge in [-0.2, -0.15) is 5.10 Å². The van der Waals surface area contributed by atoms with Crippen LogP contribution in [-0.4, -0.2) is 21.3 Å². The molecule has 18 heavy (non-hydrogen) atoms. The molecular weight excluding hydrogens is 228 g/mol. The summed E-state index contributed by atoms with van der Waals surface area (Å²) in [5, 5.41) is 4.00. The van der Waals surface area contributed by atoms with Crippen molar-refractivity contribution in [1.29, 1.82) is 0 Å². The maximum atomic E-state index is 12.4. The lowest BCUT2D eigenvalue weighted by Crippen LogP contribution is -2.27. The van der Waals surface area contributed by atoms with E-state index in [1.54, 1.807) is 24.1 Å². The van der Waals surface area contributed by atoms with Gasteiger partial charge in [-0.15, -0.1) is 0 Å². The van der Waals surface area contributed by atoms with E-state index in [1.165, 1.54) is 0 Å². The first-order chi connectivity index (χ1) is 8.49. The Morgan fingerprint density at radius 1 is 1.44 bits per heavy atom.